The highest BCUT2D eigenvalue weighted by atomic mass is 19.1. The lowest BCUT2D eigenvalue weighted by Crippen LogP contribution is -2.36. The van der Waals surface area contributed by atoms with Crippen LogP contribution < -0.4 is 21.7 Å². The molecule has 0 aliphatic carbocycles. The van der Waals surface area contributed by atoms with Crippen molar-refractivity contribution in [3.63, 3.8) is 0 Å². The van der Waals surface area contributed by atoms with E-state index < -0.39 is 6.03 Å². The summed E-state index contributed by atoms with van der Waals surface area (Å²) < 4.78 is 14.4. The van der Waals surface area contributed by atoms with Gasteiger partial charge in [-0.05, 0) is 42.0 Å². The predicted octanol–water partition coefficient (Wildman–Crippen LogP) is 2.58. The molecule has 2 heterocycles. The summed E-state index contributed by atoms with van der Waals surface area (Å²) in [7, 11) is 0. The minimum Gasteiger partial charge on any atom is -0.309 e. The van der Waals surface area contributed by atoms with Gasteiger partial charge in [0.05, 0.1) is 12.2 Å². The Kier molecular flexibility index (Phi) is 5.23. The summed E-state index contributed by atoms with van der Waals surface area (Å²) in [6.45, 7) is 0.269. The first-order chi connectivity index (χ1) is 12.6. The first kappa shape index (κ1) is 17.2. The summed E-state index contributed by atoms with van der Waals surface area (Å²) >= 11 is 0. The van der Waals surface area contributed by atoms with Crippen LogP contribution in [0, 0.1) is 5.82 Å². The van der Waals surface area contributed by atoms with Crippen molar-refractivity contribution in [2.24, 2.45) is 0 Å². The zero-order valence-electron chi connectivity index (χ0n) is 13.6. The van der Waals surface area contributed by atoms with Gasteiger partial charge in [0, 0.05) is 18.6 Å². The fourth-order valence-corrected chi connectivity index (χ4v) is 2.26. The Labute approximate surface area is 148 Å². The summed E-state index contributed by atoms with van der Waals surface area (Å²) in [4.78, 5) is 28.3. The number of hydrazine groups is 1. The van der Waals surface area contributed by atoms with Crippen molar-refractivity contribution < 1.29 is 9.18 Å². The third-order valence-electron chi connectivity index (χ3n) is 3.54. The van der Waals surface area contributed by atoms with Crippen LogP contribution in [0.5, 0.6) is 0 Å². The number of hydrogen-bond donors (Lipinski definition) is 3. The summed E-state index contributed by atoms with van der Waals surface area (Å²) in [6, 6.07) is 11.8. The lowest BCUT2D eigenvalue weighted by atomic mass is 10.2. The van der Waals surface area contributed by atoms with E-state index in [1.807, 2.05) is 0 Å². The van der Waals surface area contributed by atoms with E-state index in [1.165, 1.54) is 22.8 Å². The van der Waals surface area contributed by atoms with Crippen molar-refractivity contribution in [1.29, 1.82) is 0 Å². The van der Waals surface area contributed by atoms with Gasteiger partial charge in [-0.3, -0.25) is 20.6 Å². The molecule has 2 aromatic heterocycles. The molecule has 26 heavy (non-hydrogen) atoms. The van der Waals surface area contributed by atoms with Crippen molar-refractivity contribution in [1.82, 2.24) is 15.0 Å². The molecule has 1 aromatic carbocycles. The van der Waals surface area contributed by atoms with Crippen LogP contribution in [0.2, 0.25) is 0 Å². The van der Waals surface area contributed by atoms with Crippen molar-refractivity contribution in [3.05, 3.63) is 88.9 Å². The highest BCUT2D eigenvalue weighted by molar-refractivity contribution is 5.89. The quantitative estimate of drug-likeness (QED) is 0.615. The molecule has 132 valence electrons. The summed E-state index contributed by atoms with van der Waals surface area (Å²) in [5.74, 6) is -0.338. The van der Waals surface area contributed by atoms with E-state index in [2.05, 4.69) is 21.2 Å². The molecule has 8 heteroatoms. The molecule has 0 atom stereocenters. The van der Waals surface area contributed by atoms with Gasteiger partial charge in [0.2, 0.25) is 0 Å². The van der Waals surface area contributed by atoms with Crippen LogP contribution in [0.4, 0.5) is 20.6 Å². The van der Waals surface area contributed by atoms with E-state index in [-0.39, 0.29) is 23.6 Å². The number of nitrogens with zero attached hydrogens (tertiary/aromatic N) is 2. The van der Waals surface area contributed by atoms with E-state index in [0.717, 1.165) is 5.56 Å². The van der Waals surface area contributed by atoms with Gasteiger partial charge in [-0.2, -0.15) is 0 Å². The second kappa shape index (κ2) is 7.93. The highest BCUT2D eigenvalue weighted by Gasteiger charge is 2.08. The smallest absolute Gasteiger partial charge is 0.309 e. The van der Waals surface area contributed by atoms with Gasteiger partial charge in [-0.25, -0.2) is 9.18 Å². The molecule has 3 N–H and O–H groups in total. The Bertz CT molecular complexity index is 942. The molecule has 0 radical (unpaired) electrons. The molecule has 0 aliphatic rings. The molecule has 0 saturated carbocycles. The van der Waals surface area contributed by atoms with Gasteiger partial charge < -0.3 is 9.88 Å². The van der Waals surface area contributed by atoms with Gasteiger partial charge in [0.15, 0.2) is 0 Å². The maximum Gasteiger partial charge on any atom is 0.338 e. The van der Waals surface area contributed by atoms with E-state index in [1.54, 1.807) is 48.9 Å². The van der Waals surface area contributed by atoms with Crippen LogP contribution >= 0.6 is 0 Å². The Hall–Kier alpha value is -3.68. The molecule has 2 amide bonds. The Morgan fingerprint density at radius 3 is 2.54 bits per heavy atom. The first-order valence-electron chi connectivity index (χ1n) is 7.79. The number of carbonyl (C=O) groups excluding carboxylic acids is 1. The maximum absolute atomic E-state index is 13.0. The standard InChI is InChI=1S/C18H16FN5O2/c19-14-5-3-13(4-6-14)12-24-11-1-2-16(17(24)25)21-18(26)23-22-15-7-9-20-10-8-15/h1-11H,12H2,(H,20,22)(H2,21,23,26). The summed E-state index contributed by atoms with van der Waals surface area (Å²) in [5, 5.41) is 2.49. The Balaban J connectivity index is 1.65. The van der Waals surface area contributed by atoms with E-state index >= 15 is 0 Å². The second-order valence-corrected chi connectivity index (χ2v) is 5.42. The predicted molar refractivity (Wildman–Crippen MR) is 96.2 cm³/mol. The van der Waals surface area contributed by atoms with Gasteiger partial charge in [-0.15, -0.1) is 0 Å². The number of halogens is 1. The molecule has 3 aromatic rings. The molecular weight excluding hydrogens is 337 g/mol. The van der Waals surface area contributed by atoms with Crippen LogP contribution in [0.3, 0.4) is 0 Å². The zero-order valence-corrected chi connectivity index (χ0v) is 13.6. The van der Waals surface area contributed by atoms with Crippen LogP contribution in [0.15, 0.2) is 71.9 Å². The van der Waals surface area contributed by atoms with Crippen molar-refractivity contribution >= 4 is 17.4 Å². The molecule has 0 fully saturated rings. The largest absolute Gasteiger partial charge is 0.338 e. The Morgan fingerprint density at radius 2 is 1.81 bits per heavy atom. The lowest BCUT2D eigenvalue weighted by molar-refractivity contribution is 0.254. The normalized spacial score (nSPS) is 10.2. The average Bonchev–Trinajstić information content (AvgIpc) is 2.66. The number of urea groups is 1. The number of nitrogens with one attached hydrogen (secondary N) is 3. The van der Waals surface area contributed by atoms with Gasteiger partial charge in [-0.1, -0.05) is 12.1 Å². The number of pyridine rings is 2. The van der Waals surface area contributed by atoms with Crippen LogP contribution in [-0.2, 0) is 6.54 Å². The molecule has 0 saturated heterocycles. The number of benzene rings is 1. The number of aromatic nitrogens is 2. The molecule has 3 rings (SSSR count). The fraction of sp³-hybridized carbons (Fsp3) is 0.0556. The number of amides is 2. The number of hydrogen-bond acceptors (Lipinski definition) is 4. The van der Waals surface area contributed by atoms with Gasteiger partial charge in [0.25, 0.3) is 5.56 Å². The molecule has 0 aliphatic heterocycles. The number of anilines is 2. The summed E-state index contributed by atoms with van der Waals surface area (Å²) in [5.41, 5.74) is 6.32. The van der Waals surface area contributed by atoms with E-state index in [4.69, 9.17) is 0 Å². The van der Waals surface area contributed by atoms with E-state index in [0.29, 0.717) is 5.69 Å². The van der Waals surface area contributed by atoms with Crippen molar-refractivity contribution in [2.45, 2.75) is 6.54 Å². The Morgan fingerprint density at radius 1 is 1.08 bits per heavy atom. The number of rotatable bonds is 5. The lowest BCUT2D eigenvalue weighted by Gasteiger charge is -2.11. The SMILES string of the molecule is O=C(NNc1ccncc1)Nc1cccn(Cc2ccc(F)cc2)c1=O. The van der Waals surface area contributed by atoms with Crippen molar-refractivity contribution in [2.75, 3.05) is 10.7 Å². The van der Waals surface area contributed by atoms with Crippen LogP contribution in [0.25, 0.3) is 0 Å². The molecule has 0 bridgehead atoms. The van der Waals surface area contributed by atoms with Gasteiger partial charge >= 0.3 is 6.03 Å². The third-order valence-corrected chi connectivity index (χ3v) is 3.54. The first-order valence-corrected chi connectivity index (χ1v) is 7.79. The minimum absolute atomic E-state index is 0.128. The maximum atomic E-state index is 13.0. The molecule has 0 spiro atoms. The van der Waals surface area contributed by atoms with Crippen LogP contribution in [0.1, 0.15) is 5.56 Å². The minimum atomic E-state index is -0.585. The van der Waals surface area contributed by atoms with Crippen molar-refractivity contribution in [3.8, 4) is 0 Å². The average molecular weight is 353 g/mol. The molecule has 7 nitrogen and oxygen atoms in total. The van der Waals surface area contributed by atoms with Crippen LogP contribution in [-0.4, -0.2) is 15.6 Å². The highest BCUT2D eigenvalue weighted by Crippen LogP contribution is 2.06. The monoisotopic (exact) mass is 353 g/mol. The zero-order chi connectivity index (χ0) is 18.4. The fourth-order valence-electron chi connectivity index (χ4n) is 2.26. The topological polar surface area (TPSA) is 88.0 Å². The third kappa shape index (κ3) is 4.44. The van der Waals surface area contributed by atoms with Gasteiger partial charge in [0.1, 0.15) is 11.5 Å². The van der Waals surface area contributed by atoms with E-state index in [9.17, 15) is 14.0 Å². The number of carbonyl (C=O) groups is 1. The second-order valence-electron chi connectivity index (χ2n) is 5.42. The molecule has 0 unspecified atom stereocenters. The molecular formula is C18H16FN5O2. The summed E-state index contributed by atoms with van der Waals surface area (Å²) in [6.07, 6.45) is 4.75.